The number of nitrogens with zero attached hydrogens (tertiary/aromatic N) is 2. The standard InChI is InChI=1S/C13H12ClN3O/c14-11-4-2-1-3-10(11)12-16-13(18-17-12)8-5-6-9(15)7-8/h1-6,8-9H,7,15H2. The molecule has 2 atom stereocenters. The van der Waals surface area contributed by atoms with Crippen LogP contribution in [0, 0.1) is 0 Å². The molecule has 18 heavy (non-hydrogen) atoms. The van der Waals surface area contributed by atoms with Gasteiger partial charge < -0.3 is 10.3 Å². The molecule has 4 nitrogen and oxygen atoms in total. The second-order valence-electron chi connectivity index (χ2n) is 4.33. The molecule has 0 bridgehead atoms. The minimum Gasteiger partial charge on any atom is -0.338 e. The van der Waals surface area contributed by atoms with Gasteiger partial charge in [-0.05, 0) is 18.6 Å². The van der Waals surface area contributed by atoms with Gasteiger partial charge in [-0.25, -0.2) is 0 Å². The lowest BCUT2D eigenvalue weighted by atomic mass is 10.1. The van der Waals surface area contributed by atoms with E-state index in [9.17, 15) is 0 Å². The second-order valence-corrected chi connectivity index (χ2v) is 4.73. The summed E-state index contributed by atoms with van der Waals surface area (Å²) in [5, 5.41) is 4.59. The molecule has 0 amide bonds. The average Bonchev–Trinajstić information content (AvgIpc) is 2.98. The van der Waals surface area contributed by atoms with Gasteiger partial charge in [0.1, 0.15) is 0 Å². The zero-order valence-corrected chi connectivity index (χ0v) is 10.3. The average molecular weight is 262 g/mol. The normalized spacial score (nSPS) is 22.6. The van der Waals surface area contributed by atoms with Gasteiger partial charge in [0.15, 0.2) is 0 Å². The molecule has 1 aromatic carbocycles. The summed E-state index contributed by atoms with van der Waals surface area (Å²) in [6.07, 6.45) is 4.78. The Morgan fingerprint density at radius 3 is 2.83 bits per heavy atom. The summed E-state index contributed by atoms with van der Waals surface area (Å²) < 4.78 is 5.28. The third kappa shape index (κ3) is 2.05. The first kappa shape index (κ1) is 11.4. The molecule has 5 heteroatoms. The fraction of sp³-hybridized carbons (Fsp3) is 0.231. The summed E-state index contributed by atoms with van der Waals surface area (Å²) in [6, 6.07) is 7.50. The van der Waals surface area contributed by atoms with Crippen LogP contribution in [-0.2, 0) is 0 Å². The van der Waals surface area contributed by atoms with Crippen molar-refractivity contribution in [3.05, 3.63) is 47.3 Å². The Hall–Kier alpha value is -1.65. The van der Waals surface area contributed by atoms with Crippen molar-refractivity contribution in [1.82, 2.24) is 10.1 Å². The number of aromatic nitrogens is 2. The van der Waals surface area contributed by atoms with Crippen LogP contribution in [-0.4, -0.2) is 16.2 Å². The van der Waals surface area contributed by atoms with Crippen LogP contribution in [0.1, 0.15) is 18.2 Å². The first-order valence-corrected chi connectivity index (χ1v) is 6.14. The summed E-state index contributed by atoms with van der Waals surface area (Å²) in [5.74, 6) is 1.22. The van der Waals surface area contributed by atoms with E-state index < -0.39 is 0 Å². The lowest BCUT2D eigenvalue weighted by Crippen LogP contribution is -2.14. The topological polar surface area (TPSA) is 64.9 Å². The molecular formula is C13H12ClN3O. The van der Waals surface area contributed by atoms with Crippen molar-refractivity contribution in [2.45, 2.75) is 18.4 Å². The van der Waals surface area contributed by atoms with E-state index in [1.54, 1.807) is 6.07 Å². The number of halogens is 1. The maximum atomic E-state index is 6.10. The van der Waals surface area contributed by atoms with Crippen molar-refractivity contribution < 1.29 is 4.52 Å². The minimum atomic E-state index is 0.0747. The molecule has 2 aromatic rings. The smallest absolute Gasteiger partial charge is 0.233 e. The lowest BCUT2D eigenvalue weighted by Gasteiger charge is -2.02. The summed E-state index contributed by atoms with van der Waals surface area (Å²) >= 11 is 6.10. The first-order valence-electron chi connectivity index (χ1n) is 5.76. The molecule has 2 N–H and O–H groups in total. The monoisotopic (exact) mass is 261 g/mol. The van der Waals surface area contributed by atoms with Crippen LogP contribution in [0.15, 0.2) is 40.9 Å². The van der Waals surface area contributed by atoms with E-state index in [1.165, 1.54) is 0 Å². The van der Waals surface area contributed by atoms with E-state index in [0.29, 0.717) is 16.7 Å². The Morgan fingerprint density at radius 1 is 1.28 bits per heavy atom. The summed E-state index contributed by atoms with van der Waals surface area (Å²) in [5.41, 5.74) is 6.58. The molecule has 92 valence electrons. The van der Waals surface area contributed by atoms with E-state index in [-0.39, 0.29) is 12.0 Å². The van der Waals surface area contributed by atoms with E-state index in [2.05, 4.69) is 10.1 Å². The van der Waals surface area contributed by atoms with Crippen LogP contribution >= 0.6 is 11.6 Å². The summed E-state index contributed by atoms with van der Waals surface area (Å²) in [6.45, 7) is 0. The van der Waals surface area contributed by atoms with Crippen LogP contribution in [0.25, 0.3) is 11.4 Å². The minimum absolute atomic E-state index is 0.0747. The van der Waals surface area contributed by atoms with E-state index >= 15 is 0 Å². The van der Waals surface area contributed by atoms with Gasteiger partial charge in [0.05, 0.1) is 10.9 Å². The van der Waals surface area contributed by atoms with Crippen molar-refractivity contribution in [1.29, 1.82) is 0 Å². The Balaban J connectivity index is 1.91. The molecule has 0 aliphatic heterocycles. The highest BCUT2D eigenvalue weighted by Crippen LogP contribution is 2.30. The highest BCUT2D eigenvalue weighted by Gasteiger charge is 2.23. The van der Waals surface area contributed by atoms with Gasteiger partial charge in [-0.1, -0.05) is 41.0 Å². The maximum Gasteiger partial charge on any atom is 0.233 e. The molecule has 0 spiro atoms. The van der Waals surface area contributed by atoms with Gasteiger partial charge >= 0.3 is 0 Å². The van der Waals surface area contributed by atoms with Gasteiger partial charge in [-0.3, -0.25) is 0 Å². The number of hydrogen-bond donors (Lipinski definition) is 1. The highest BCUT2D eigenvalue weighted by atomic mass is 35.5. The predicted molar refractivity (Wildman–Crippen MR) is 69.2 cm³/mol. The number of rotatable bonds is 2. The molecule has 1 aromatic heterocycles. The molecule has 0 radical (unpaired) electrons. The number of nitrogens with two attached hydrogens (primary N) is 1. The number of benzene rings is 1. The molecule has 0 fully saturated rings. The van der Waals surface area contributed by atoms with E-state index in [0.717, 1.165) is 12.0 Å². The molecular weight excluding hydrogens is 250 g/mol. The van der Waals surface area contributed by atoms with Crippen molar-refractivity contribution in [3.8, 4) is 11.4 Å². The molecule has 1 aliphatic carbocycles. The fourth-order valence-corrected chi connectivity index (χ4v) is 2.27. The third-order valence-corrected chi connectivity index (χ3v) is 3.32. The van der Waals surface area contributed by atoms with Gasteiger partial charge in [0.2, 0.25) is 11.7 Å². The Kier molecular flexibility index (Phi) is 2.89. The Labute approximate surface area is 109 Å². The second kappa shape index (κ2) is 4.55. The molecule has 2 unspecified atom stereocenters. The molecule has 0 saturated heterocycles. The lowest BCUT2D eigenvalue weighted by molar-refractivity contribution is 0.365. The molecule has 3 rings (SSSR count). The van der Waals surface area contributed by atoms with Gasteiger partial charge in [-0.15, -0.1) is 0 Å². The highest BCUT2D eigenvalue weighted by molar-refractivity contribution is 6.33. The van der Waals surface area contributed by atoms with Crippen LogP contribution in [0.2, 0.25) is 5.02 Å². The first-order chi connectivity index (χ1) is 8.74. The van der Waals surface area contributed by atoms with Crippen LogP contribution in [0.4, 0.5) is 0 Å². The quantitative estimate of drug-likeness (QED) is 0.845. The van der Waals surface area contributed by atoms with Crippen LogP contribution in [0.5, 0.6) is 0 Å². The van der Waals surface area contributed by atoms with Gasteiger partial charge in [0, 0.05) is 11.6 Å². The predicted octanol–water partition coefficient (Wildman–Crippen LogP) is 2.76. The summed E-state index contributed by atoms with van der Waals surface area (Å²) in [7, 11) is 0. The summed E-state index contributed by atoms with van der Waals surface area (Å²) in [4.78, 5) is 4.39. The van der Waals surface area contributed by atoms with Gasteiger partial charge in [0.25, 0.3) is 0 Å². The third-order valence-electron chi connectivity index (χ3n) is 2.99. The zero-order chi connectivity index (χ0) is 12.5. The van der Waals surface area contributed by atoms with E-state index in [4.69, 9.17) is 21.9 Å². The number of allylic oxidation sites excluding steroid dienone is 1. The van der Waals surface area contributed by atoms with Gasteiger partial charge in [-0.2, -0.15) is 4.98 Å². The Morgan fingerprint density at radius 2 is 2.11 bits per heavy atom. The Bertz CT molecular complexity index is 593. The maximum absolute atomic E-state index is 6.10. The van der Waals surface area contributed by atoms with Crippen molar-refractivity contribution in [2.24, 2.45) is 5.73 Å². The van der Waals surface area contributed by atoms with Crippen LogP contribution in [0.3, 0.4) is 0 Å². The largest absolute Gasteiger partial charge is 0.338 e. The zero-order valence-electron chi connectivity index (χ0n) is 9.58. The van der Waals surface area contributed by atoms with Crippen molar-refractivity contribution in [3.63, 3.8) is 0 Å². The van der Waals surface area contributed by atoms with Crippen molar-refractivity contribution in [2.75, 3.05) is 0 Å². The van der Waals surface area contributed by atoms with E-state index in [1.807, 2.05) is 30.4 Å². The molecule has 1 heterocycles. The molecule has 1 aliphatic rings. The fourth-order valence-electron chi connectivity index (χ4n) is 2.05. The SMILES string of the molecule is NC1C=CC(c2nc(-c3ccccc3Cl)no2)C1. The molecule has 0 saturated carbocycles. The number of hydrogen-bond acceptors (Lipinski definition) is 4. The van der Waals surface area contributed by atoms with Crippen molar-refractivity contribution >= 4 is 11.6 Å². The van der Waals surface area contributed by atoms with Crippen LogP contribution < -0.4 is 5.73 Å².